The normalized spacial score (nSPS) is 8.65. The first kappa shape index (κ1) is 67.8. The Morgan fingerprint density at radius 3 is 0.535 bits per heavy atom. The molecule has 0 aromatic carbocycles. The zero-order chi connectivity index (χ0) is 36.1. The van der Waals surface area contributed by atoms with Gasteiger partial charge in [-0.3, -0.25) is 0 Å². The van der Waals surface area contributed by atoms with Crippen LogP contribution in [0.25, 0.3) is 0 Å². The van der Waals surface area contributed by atoms with E-state index in [0.717, 1.165) is 13.4 Å². The summed E-state index contributed by atoms with van der Waals surface area (Å²) in [7, 11) is 20.3. The summed E-state index contributed by atoms with van der Waals surface area (Å²) in [4.78, 5) is 0. The molecule has 0 aliphatic carbocycles. The molecule has 0 heterocycles. The molecule has 0 fully saturated rings. The van der Waals surface area contributed by atoms with Gasteiger partial charge in [-0.1, -0.05) is 59.3 Å². The Labute approximate surface area is 281 Å². The second-order valence-corrected chi connectivity index (χ2v) is 12.2. The smallest absolute Gasteiger partial charge is 0.512 e. The third-order valence-corrected chi connectivity index (χ3v) is 5.05. The molecule has 0 atom stereocenters. The number of nitrogens with zero attached hydrogens (tertiary/aromatic N) is 9. The van der Waals surface area contributed by atoms with Crippen molar-refractivity contribution in [3.05, 3.63) is 39.4 Å². The Morgan fingerprint density at radius 2 is 0.442 bits per heavy atom. The summed E-state index contributed by atoms with van der Waals surface area (Å²) in [6.07, 6.45) is 16.6. The first-order chi connectivity index (χ1) is 19.7. The molecule has 251 valence electrons. The van der Waals surface area contributed by atoms with Crippen LogP contribution in [0.4, 0.5) is 0 Å². The number of hydrogen-bond acceptors (Lipinski definition) is 6. The van der Waals surface area contributed by atoms with Gasteiger partial charge in [-0.2, -0.15) is 0 Å². The summed E-state index contributed by atoms with van der Waals surface area (Å²) >= 11 is 0. The van der Waals surface area contributed by atoms with Crippen molar-refractivity contribution in [3.8, 4) is 0 Å². The summed E-state index contributed by atoms with van der Waals surface area (Å²) < 4.78 is 3.34. The monoisotopic (exact) mass is 644 g/mol. The van der Waals surface area contributed by atoms with Gasteiger partial charge in [0.2, 0.25) is 0 Å². The minimum absolute atomic E-state index is 0. The quantitative estimate of drug-likeness (QED) is 0.0787. The Hall–Kier alpha value is -2.66. The van der Waals surface area contributed by atoms with E-state index in [9.17, 15) is 0 Å². The molecule has 0 rings (SSSR count). The fourth-order valence-corrected chi connectivity index (χ4v) is 3.04. The van der Waals surface area contributed by atoms with Crippen LogP contribution in [-0.2, 0) is 17.1 Å². The van der Waals surface area contributed by atoms with Crippen LogP contribution in [-0.4, -0.2) is 96.5 Å². The SMILES string of the molecule is CCCCCC[N+](C)(C)C.CCCCCC[N+](C)(C)C.CCCCCC[N+](C)(C)C.[C-]#N.[C-]#N.[C-]#N.[C-]#N.[C-]#N.[C-]#N.[Fe+3]. The van der Waals surface area contributed by atoms with Crippen molar-refractivity contribution in [2.75, 3.05) is 83.1 Å². The van der Waals surface area contributed by atoms with Crippen molar-refractivity contribution in [2.24, 2.45) is 0 Å². The molecule has 0 amide bonds. The summed E-state index contributed by atoms with van der Waals surface area (Å²) in [6.45, 7) is 39.2. The molecule has 0 aliphatic rings. The van der Waals surface area contributed by atoms with E-state index < -0.39 is 0 Å². The van der Waals surface area contributed by atoms with E-state index in [2.05, 4.69) is 84.2 Å². The van der Waals surface area contributed by atoms with Crippen molar-refractivity contribution < 1.29 is 30.5 Å². The predicted octanol–water partition coefficient (Wildman–Crippen LogP) is 7.39. The van der Waals surface area contributed by atoms with Crippen molar-refractivity contribution in [1.82, 2.24) is 0 Å². The van der Waals surface area contributed by atoms with Crippen LogP contribution in [0.15, 0.2) is 0 Å². The average Bonchev–Trinajstić information content (AvgIpc) is 2.97. The summed E-state index contributed by atoms with van der Waals surface area (Å²) in [6, 6.07) is 0. The van der Waals surface area contributed by atoms with Crippen LogP contribution >= 0.6 is 0 Å². The minimum Gasteiger partial charge on any atom is -0.512 e. The Bertz CT molecular complexity index is 461. The van der Waals surface area contributed by atoms with Gasteiger partial charge in [0.05, 0.1) is 83.1 Å². The maximum atomic E-state index is 6.25. The maximum absolute atomic E-state index is 6.25. The van der Waals surface area contributed by atoms with Gasteiger partial charge in [0.25, 0.3) is 0 Å². The van der Waals surface area contributed by atoms with Gasteiger partial charge in [0.15, 0.2) is 0 Å². The molecule has 0 saturated heterocycles. The van der Waals surface area contributed by atoms with Crippen LogP contribution in [0.3, 0.4) is 0 Å². The third-order valence-electron chi connectivity index (χ3n) is 5.05. The number of hydrogen-bond donors (Lipinski definition) is 0. The van der Waals surface area contributed by atoms with Gasteiger partial charge in [0.1, 0.15) is 0 Å². The second kappa shape index (κ2) is 62.8. The topological polar surface area (TPSA) is 143 Å². The molecule has 0 aromatic rings. The Kier molecular flexibility index (Phi) is 99.1. The molecule has 1 radical (unpaired) electrons. The molecule has 9 nitrogen and oxygen atoms in total. The summed E-state index contributed by atoms with van der Waals surface area (Å²) in [5.74, 6) is 0. The van der Waals surface area contributed by atoms with E-state index in [1.165, 1.54) is 96.7 Å². The van der Waals surface area contributed by atoms with Crippen molar-refractivity contribution >= 4 is 0 Å². The van der Waals surface area contributed by atoms with Gasteiger partial charge < -0.3 is 84.5 Å². The van der Waals surface area contributed by atoms with E-state index in [4.69, 9.17) is 71.0 Å². The fourth-order valence-electron chi connectivity index (χ4n) is 3.04. The van der Waals surface area contributed by atoms with Crippen molar-refractivity contribution in [1.29, 1.82) is 31.6 Å². The molecule has 0 bridgehead atoms. The second-order valence-electron chi connectivity index (χ2n) is 12.2. The largest absolute Gasteiger partial charge is 3.00 e. The van der Waals surface area contributed by atoms with Crippen molar-refractivity contribution in [2.45, 2.75) is 97.8 Å². The van der Waals surface area contributed by atoms with Gasteiger partial charge in [-0.05, 0) is 38.5 Å². The zero-order valence-electron chi connectivity index (χ0n) is 30.0. The van der Waals surface area contributed by atoms with Crippen LogP contribution in [0.2, 0.25) is 0 Å². The number of quaternary nitrogens is 3. The van der Waals surface area contributed by atoms with E-state index in [1.54, 1.807) is 0 Å². The van der Waals surface area contributed by atoms with Gasteiger partial charge in [-0.15, -0.1) is 0 Å². The van der Waals surface area contributed by atoms with Crippen LogP contribution < -0.4 is 0 Å². The van der Waals surface area contributed by atoms with Crippen LogP contribution in [0.1, 0.15) is 97.8 Å². The predicted molar refractivity (Wildman–Crippen MR) is 171 cm³/mol. The molecular formula is C33H66FeN9. The molecule has 43 heavy (non-hydrogen) atoms. The van der Waals surface area contributed by atoms with Gasteiger partial charge in [-0.25, -0.2) is 0 Å². The van der Waals surface area contributed by atoms with Gasteiger partial charge >= 0.3 is 17.1 Å². The van der Waals surface area contributed by atoms with E-state index >= 15 is 0 Å². The molecule has 0 aliphatic heterocycles. The van der Waals surface area contributed by atoms with E-state index in [1.807, 2.05) is 0 Å². The van der Waals surface area contributed by atoms with Crippen LogP contribution in [0.5, 0.6) is 0 Å². The summed E-state index contributed by atoms with van der Waals surface area (Å²) in [5, 5.41) is 37.5. The summed E-state index contributed by atoms with van der Waals surface area (Å²) in [5.41, 5.74) is 0. The fraction of sp³-hybridized carbons (Fsp3) is 0.818. The minimum atomic E-state index is 0. The Morgan fingerprint density at radius 1 is 0.302 bits per heavy atom. The molecule has 0 saturated carbocycles. The molecule has 0 unspecified atom stereocenters. The molecular weight excluding hydrogens is 578 g/mol. The molecule has 10 heteroatoms. The van der Waals surface area contributed by atoms with Crippen LogP contribution in [0, 0.1) is 71.0 Å². The standard InChI is InChI=1S/3C9H22N.6CN.Fe/c3*1-5-6-7-8-9-10(2,3)4;6*1-2;/h3*5-9H2,1-4H3;;;;;;;/q3*+1;6*-1;+3. The molecule has 0 aromatic heterocycles. The van der Waals surface area contributed by atoms with Gasteiger partial charge in [0, 0.05) is 0 Å². The maximum Gasteiger partial charge on any atom is 3.00 e. The first-order valence-electron chi connectivity index (χ1n) is 14.4. The average molecular weight is 645 g/mol. The molecule has 0 N–H and O–H groups in total. The Balaban J connectivity index is -0.0000000398. The first-order valence-corrected chi connectivity index (χ1v) is 14.4. The number of unbranched alkanes of at least 4 members (excludes halogenated alkanes) is 9. The third kappa shape index (κ3) is 163. The van der Waals surface area contributed by atoms with Crippen molar-refractivity contribution in [3.63, 3.8) is 0 Å². The zero-order valence-corrected chi connectivity index (χ0v) is 31.1. The number of rotatable bonds is 15. The van der Waals surface area contributed by atoms with E-state index in [-0.39, 0.29) is 17.1 Å². The van der Waals surface area contributed by atoms with E-state index in [0.29, 0.717) is 0 Å². The molecule has 0 spiro atoms.